The van der Waals surface area contributed by atoms with Gasteiger partial charge in [0.2, 0.25) is 5.60 Å². The minimum absolute atomic E-state index is 1.48. The van der Waals surface area contributed by atoms with Crippen molar-refractivity contribution in [1.82, 2.24) is 0 Å². The minimum atomic E-state index is -3.59. The molecule has 54 valence electrons. The summed E-state index contributed by atoms with van der Waals surface area (Å²) in [5.74, 6) is 0. The molecule has 0 aromatic carbocycles. The molecular weight excluding hydrogens is 140 g/mol. The first-order valence-electron chi connectivity index (χ1n) is 2.28. The SMILES string of the molecule is FCC1(CF)OC1(F)F. The van der Waals surface area contributed by atoms with Crippen LogP contribution in [0.25, 0.3) is 0 Å². The lowest BCUT2D eigenvalue weighted by Crippen LogP contribution is -2.23. The summed E-state index contributed by atoms with van der Waals surface area (Å²) >= 11 is 0. The van der Waals surface area contributed by atoms with E-state index in [1.165, 1.54) is 0 Å². The third kappa shape index (κ3) is 0.710. The van der Waals surface area contributed by atoms with Crippen molar-refractivity contribution in [3.05, 3.63) is 0 Å². The Kier molecular flexibility index (Phi) is 1.20. The van der Waals surface area contributed by atoms with Crippen molar-refractivity contribution >= 4 is 0 Å². The fourth-order valence-corrected chi connectivity index (χ4v) is 0.466. The largest absolute Gasteiger partial charge is 0.391 e. The standard InChI is InChI=1S/C4H4F4O/c5-1-3(2-6)4(7,8)9-3/h1-2H2. The van der Waals surface area contributed by atoms with Gasteiger partial charge in [-0.3, -0.25) is 4.74 Å². The van der Waals surface area contributed by atoms with Crippen LogP contribution in [0.4, 0.5) is 17.6 Å². The summed E-state index contributed by atoms with van der Waals surface area (Å²) in [4.78, 5) is 0. The predicted octanol–water partition coefficient (Wildman–Crippen LogP) is 1.29. The van der Waals surface area contributed by atoms with Gasteiger partial charge in [0.05, 0.1) is 0 Å². The second kappa shape index (κ2) is 1.59. The third-order valence-corrected chi connectivity index (χ3v) is 1.24. The Morgan fingerprint density at radius 2 is 1.44 bits per heavy atom. The monoisotopic (exact) mass is 144 g/mol. The summed E-state index contributed by atoms with van der Waals surface area (Å²) < 4.78 is 50.0. The van der Waals surface area contributed by atoms with E-state index < -0.39 is 25.1 Å². The second-order valence-electron chi connectivity index (χ2n) is 1.88. The maximum Gasteiger partial charge on any atom is 0.391 e. The van der Waals surface area contributed by atoms with Crippen molar-refractivity contribution in [2.24, 2.45) is 0 Å². The van der Waals surface area contributed by atoms with Gasteiger partial charge < -0.3 is 0 Å². The lowest BCUT2D eigenvalue weighted by atomic mass is 10.2. The van der Waals surface area contributed by atoms with E-state index in [2.05, 4.69) is 4.74 Å². The zero-order valence-corrected chi connectivity index (χ0v) is 4.33. The van der Waals surface area contributed by atoms with Gasteiger partial charge in [0.15, 0.2) is 0 Å². The van der Waals surface area contributed by atoms with E-state index in [1.54, 1.807) is 0 Å². The average Bonchev–Trinajstić information content (AvgIpc) is 2.35. The van der Waals surface area contributed by atoms with Gasteiger partial charge in [-0.1, -0.05) is 0 Å². The lowest BCUT2D eigenvalue weighted by molar-refractivity contribution is 0.000247. The Bertz CT molecular complexity index is 120. The molecule has 1 aliphatic heterocycles. The highest BCUT2D eigenvalue weighted by molar-refractivity contribution is 5.02. The Labute approximate surface area is 48.6 Å². The molecule has 1 heterocycles. The summed E-state index contributed by atoms with van der Waals surface area (Å²) in [7, 11) is 0. The molecule has 0 aliphatic carbocycles. The van der Waals surface area contributed by atoms with Crippen LogP contribution in [0, 0.1) is 0 Å². The second-order valence-corrected chi connectivity index (χ2v) is 1.88. The zero-order valence-electron chi connectivity index (χ0n) is 4.33. The summed E-state index contributed by atoms with van der Waals surface area (Å²) in [5.41, 5.74) is -2.44. The molecule has 1 nitrogen and oxygen atoms in total. The first-order valence-corrected chi connectivity index (χ1v) is 2.28. The molecule has 1 saturated heterocycles. The summed E-state index contributed by atoms with van der Waals surface area (Å²) in [5, 5.41) is 0. The van der Waals surface area contributed by atoms with E-state index >= 15 is 0 Å². The highest BCUT2D eigenvalue weighted by atomic mass is 19.3. The number of rotatable bonds is 2. The van der Waals surface area contributed by atoms with Gasteiger partial charge in [-0.15, -0.1) is 0 Å². The van der Waals surface area contributed by atoms with Crippen LogP contribution >= 0.6 is 0 Å². The third-order valence-electron chi connectivity index (χ3n) is 1.24. The van der Waals surface area contributed by atoms with Gasteiger partial charge >= 0.3 is 6.11 Å². The Morgan fingerprint density at radius 1 is 1.11 bits per heavy atom. The van der Waals surface area contributed by atoms with Gasteiger partial charge in [-0.25, -0.2) is 8.78 Å². The highest BCUT2D eigenvalue weighted by Gasteiger charge is 2.75. The number of ether oxygens (including phenoxy) is 1. The van der Waals surface area contributed by atoms with Gasteiger partial charge in [0.25, 0.3) is 0 Å². The maximum atomic E-state index is 11.8. The molecule has 0 amide bonds. The smallest absolute Gasteiger partial charge is 0.296 e. The number of alkyl halides is 4. The molecule has 1 fully saturated rings. The van der Waals surface area contributed by atoms with Crippen molar-refractivity contribution in [3.8, 4) is 0 Å². The molecule has 0 N–H and O–H groups in total. The van der Waals surface area contributed by atoms with Crippen molar-refractivity contribution < 1.29 is 22.3 Å². The Balaban J connectivity index is 2.57. The molecule has 0 aromatic heterocycles. The normalized spacial score (nSPS) is 28.0. The zero-order chi connectivity index (χ0) is 7.12. The average molecular weight is 144 g/mol. The van der Waals surface area contributed by atoms with Gasteiger partial charge in [0.1, 0.15) is 13.3 Å². The lowest BCUT2D eigenvalue weighted by Gasteiger charge is -1.96. The van der Waals surface area contributed by atoms with Crippen molar-refractivity contribution in [2.45, 2.75) is 11.7 Å². The van der Waals surface area contributed by atoms with Crippen LogP contribution in [0.5, 0.6) is 0 Å². The molecule has 0 aromatic rings. The Morgan fingerprint density at radius 3 is 1.44 bits per heavy atom. The Hall–Kier alpha value is -0.320. The van der Waals surface area contributed by atoms with Crippen LogP contribution in [-0.2, 0) is 4.74 Å². The molecular formula is C4H4F4O. The van der Waals surface area contributed by atoms with E-state index in [4.69, 9.17) is 0 Å². The number of halogens is 4. The molecule has 0 radical (unpaired) electrons. The number of epoxide rings is 1. The van der Waals surface area contributed by atoms with Gasteiger partial charge in [0, 0.05) is 0 Å². The first-order chi connectivity index (χ1) is 4.08. The van der Waals surface area contributed by atoms with Crippen LogP contribution in [0.2, 0.25) is 0 Å². The van der Waals surface area contributed by atoms with Crippen LogP contribution in [0.15, 0.2) is 0 Å². The van der Waals surface area contributed by atoms with E-state index in [0.717, 1.165) is 0 Å². The molecule has 9 heavy (non-hydrogen) atoms. The van der Waals surface area contributed by atoms with Crippen molar-refractivity contribution in [3.63, 3.8) is 0 Å². The fourth-order valence-electron chi connectivity index (χ4n) is 0.466. The molecule has 1 aliphatic rings. The molecule has 0 saturated carbocycles. The van der Waals surface area contributed by atoms with E-state index in [0.29, 0.717) is 0 Å². The van der Waals surface area contributed by atoms with Crippen molar-refractivity contribution in [1.29, 1.82) is 0 Å². The van der Waals surface area contributed by atoms with Gasteiger partial charge in [-0.05, 0) is 0 Å². The number of hydrogen-bond donors (Lipinski definition) is 0. The summed E-state index contributed by atoms with van der Waals surface area (Å²) in [6.45, 7) is -2.95. The molecule has 5 heteroatoms. The van der Waals surface area contributed by atoms with E-state index in [9.17, 15) is 17.6 Å². The quantitative estimate of drug-likeness (QED) is 0.420. The van der Waals surface area contributed by atoms with Crippen LogP contribution in [-0.4, -0.2) is 25.1 Å². The highest BCUT2D eigenvalue weighted by Crippen LogP contribution is 2.51. The first kappa shape index (κ1) is 6.80. The van der Waals surface area contributed by atoms with E-state index in [1.807, 2.05) is 0 Å². The van der Waals surface area contributed by atoms with Crippen molar-refractivity contribution in [2.75, 3.05) is 13.3 Å². The molecule has 0 atom stereocenters. The predicted molar refractivity (Wildman–Crippen MR) is 20.7 cm³/mol. The molecule has 0 bridgehead atoms. The molecule has 1 rings (SSSR count). The van der Waals surface area contributed by atoms with Crippen LogP contribution in [0.3, 0.4) is 0 Å². The fraction of sp³-hybridized carbons (Fsp3) is 1.00. The maximum absolute atomic E-state index is 11.8. The summed E-state index contributed by atoms with van der Waals surface area (Å²) in [6, 6.07) is 0. The molecule has 0 spiro atoms. The topological polar surface area (TPSA) is 12.5 Å². The van der Waals surface area contributed by atoms with E-state index in [-0.39, 0.29) is 0 Å². The van der Waals surface area contributed by atoms with Crippen LogP contribution in [0.1, 0.15) is 0 Å². The minimum Gasteiger partial charge on any atom is -0.296 e. The van der Waals surface area contributed by atoms with Crippen LogP contribution < -0.4 is 0 Å². The molecule has 0 unspecified atom stereocenters. The van der Waals surface area contributed by atoms with Gasteiger partial charge in [-0.2, -0.15) is 8.78 Å². The summed E-state index contributed by atoms with van der Waals surface area (Å²) in [6.07, 6.45) is -3.59. The number of hydrogen-bond acceptors (Lipinski definition) is 1.